The van der Waals surface area contributed by atoms with Crippen LogP contribution in [0.15, 0.2) is 12.2 Å². The molecule has 0 atom stereocenters. The largest absolute Gasteiger partial charge is 0.394 e. The molecule has 0 heterocycles. The van der Waals surface area contributed by atoms with E-state index in [4.69, 9.17) is 19.3 Å². The highest BCUT2D eigenvalue weighted by Crippen LogP contribution is 1.81. The standard InChI is InChI=1S/C10H20O4/c1-2-3-5-12-7-9-14-10-8-13-6-4-11/h2-3,11H,4-10H2,1H3. The van der Waals surface area contributed by atoms with Crippen molar-refractivity contribution in [2.45, 2.75) is 6.92 Å². The van der Waals surface area contributed by atoms with E-state index >= 15 is 0 Å². The van der Waals surface area contributed by atoms with Crippen LogP contribution in [0.5, 0.6) is 0 Å². The Balaban J connectivity index is 2.85. The van der Waals surface area contributed by atoms with Crippen molar-refractivity contribution in [2.24, 2.45) is 0 Å². The van der Waals surface area contributed by atoms with E-state index in [9.17, 15) is 0 Å². The summed E-state index contributed by atoms with van der Waals surface area (Å²) in [5.74, 6) is 0. The third-order valence-corrected chi connectivity index (χ3v) is 1.43. The number of ether oxygens (including phenoxy) is 3. The van der Waals surface area contributed by atoms with Crippen LogP contribution in [-0.2, 0) is 14.2 Å². The highest BCUT2D eigenvalue weighted by atomic mass is 16.5. The molecule has 4 nitrogen and oxygen atoms in total. The van der Waals surface area contributed by atoms with Crippen LogP contribution in [0.2, 0.25) is 0 Å². The monoisotopic (exact) mass is 204 g/mol. The Morgan fingerprint density at radius 1 is 0.929 bits per heavy atom. The molecule has 0 fully saturated rings. The van der Waals surface area contributed by atoms with Crippen molar-refractivity contribution >= 4 is 0 Å². The van der Waals surface area contributed by atoms with Gasteiger partial charge in [0.15, 0.2) is 0 Å². The maximum absolute atomic E-state index is 8.40. The molecule has 0 spiro atoms. The molecule has 4 heteroatoms. The zero-order valence-electron chi connectivity index (χ0n) is 8.78. The normalized spacial score (nSPS) is 11.3. The zero-order chi connectivity index (χ0) is 10.5. The van der Waals surface area contributed by atoms with Gasteiger partial charge in [-0.3, -0.25) is 0 Å². The molecular formula is C10H20O4. The van der Waals surface area contributed by atoms with Crippen molar-refractivity contribution in [3.8, 4) is 0 Å². The molecule has 0 radical (unpaired) electrons. The first-order chi connectivity index (χ1) is 6.91. The highest BCUT2D eigenvalue weighted by Gasteiger charge is 1.89. The summed E-state index contributed by atoms with van der Waals surface area (Å²) in [6.45, 7) is 5.29. The third kappa shape index (κ3) is 11.6. The second kappa shape index (κ2) is 12.6. The van der Waals surface area contributed by atoms with Crippen LogP contribution >= 0.6 is 0 Å². The first-order valence-corrected chi connectivity index (χ1v) is 4.87. The number of hydrogen-bond donors (Lipinski definition) is 1. The average Bonchev–Trinajstić information content (AvgIpc) is 2.21. The summed E-state index contributed by atoms with van der Waals surface area (Å²) in [7, 11) is 0. The van der Waals surface area contributed by atoms with E-state index in [2.05, 4.69) is 0 Å². The van der Waals surface area contributed by atoms with E-state index in [0.29, 0.717) is 39.6 Å². The van der Waals surface area contributed by atoms with Gasteiger partial charge in [0, 0.05) is 0 Å². The van der Waals surface area contributed by atoms with Crippen LogP contribution in [0, 0.1) is 0 Å². The van der Waals surface area contributed by atoms with Crippen molar-refractivity contribution in [1.82, 2.24) is 0 Å². The van der Waals surface area contributed by atoms with Crippen LogP contribution in [0.1, 0.15) is 6.92 Å². The summed E-state index contributed by atoms with van der Waals surface area (Å²) in [5.41, 5.74) is 0. The fraction of sp³-hybridized carbons (Fsp3) is 0.800. The van der Waals surface area contributed by atoms with Gasteiger partial charge in [0.05, 0.1) is 46.2 Å². The maximum Gasteiger partial charge on any atom is 0.0704 e. The molecular weight excluding hydrogens is 184 g/mol. The first kappa shape index (κ1) is 13.6. The van der Waals surface area contributed by atoms with Crippen molar-refractivity contribution < 1.29 is 19.3 Å². The van der Waals surface area contributed by atoms with Gasteiger partial charge < -0.3 is 19.3 Å². The Hall–Kier alpha value is -0.420. The summed E-state index contributed by atoms with van der Waals surface area (Å²) in [4.78, 5) is 0. The number of aliphatic hydroxyl groups is 1. The molecule has 0 amide bonds. The number of hydrogen-bond acceptors (Lipinski definition) is 4. The summed E-state index contributed by atoms with van der Waals surface area (Å²) in [6, 6.07) is 0. The molecule has 84 valence electrons. The molecule has 14 heavy (non-hydrogen) atoms. The molecule has 0 aliphatic carbocycles. The van der Waals surface area contributed by atoms with E-state index in [1.165, 1.54) is 0 Å². The minimum absolute atomic E-state index is 0.0620. The molecule has 0 aromatic carbocycles. The lowest BCUT2D eigenvalue weighted by molar-refractivity contribution is 0.0117. The topological polar surface area (TPSA) is 47.9 Å². The Labute approximate surface area is 85.5 Å². The number of rotatable bonds is 10. The van der Waals surface area contributed by atoms with Gasteiger partial charge in [-0.2, -0.15) is 0 Å². The van der Waals surface area contributed by atoms with Gasteiger partial charge in [-0.15, -0.1) is 0 Å². The van der Waals surface area contributed by atoms with Gasteiger partial charge in [0.25, 0.3) is 0 Å². The Morgan fingerprint density at radius 2 is 1.50 bits per heavy atom. The van der Waals surface area contributed by atoms with E-state index in [1.807, 2.05) is 19.1 Å². The fourth-order valence-electron chi connectivity index (χ4n) is 0.752. The van der Waals surface area contributed by atoms with E-state index < -0.39 is 0 Å². The highest BCUT2D eigenvalue weighted by molar-refractivity contribution is 4.75. The predicted molar refractivity (Wildman–Crippen MR) is 54.4 cm³/mol. The minimum Gasteiger partial charge on any atom is -0.394 e. The molecule has 0 aromatic heterocycles. The molecule has 0 bridgehead atoms. The maximum atomic E-state index is 8.40. The lowest BCUT2D eigenvalue weighted by Gasteiger charge is -2.04. The second-order valence-electron chi connectivity index (χ2n) is 2.59. The smallest absolute Gasteiger partial charge is 0.0704 e. The van der Waals surface area contributed by atoms with Gasteiger partial charge >= 0.3 is 0 Å². The SMILES string of the molecule is CC=CCOCCOCCOCCO. The van der Waals surface area contributed by atoms with Gasteiger partial charge in [0.2, 0.25) is 0 Å². The molecule has 0 aliphatic heterocycles. The summed E-state index contributed by atoms with van der Waals surface area (Å²) < 4.78 is 15.4. The zero-order valence-corrected chi connectivity index (χ0v) is 8.78. The van der Waals surface area contributed by atoms with Crippen molar-refractivity contribution in [2.75, 3.05) is 46.2 Å². The Morgan fingerprint density at radius 3 is 2.07 bits per heavy atom. The minimum atomic E-state index is 0.0620. The molecule has 0 saturated carbocycles. The van der Waals surface area contributed by atoms with E-state index in [1.54, 1.807) is 0 Å². The fourth-order valence-corrected chi connectivity index (χ4v) is 0.752. The first-order valence-electron chi connectivity index (χ1n) is 4.87. The van der Waals surface area contributed by atoms with Crippen LogP contribution in [-0.4, -0.2) is 51.4 Å². The third-order valence-electron chi connectivity index (χ3n) is 1.43. The molecule has 0 rings (SSSR count). The summed E-state index contributed by atoms with van der Waals surface area (Å²) in [6.07, 6.45) is 3.90. The summed E-state index contributed by atoms with van der Waals surface area (Å²) in [5, 5.41) is 8.40. The predicted octanol–water partition coefficient (Wildman–Crippen LogP) is 0.605. The molecule has 0 aromatic rings. The van der Waals surface area contributed by atoms with Crippen LogP contribution in [0.25, 0.3) is 0 Å². The van der Waals surface area contributed by atoms with E-state index in [0.717, 1.165) is 0 Å². The molecule has 0 saturated heterocycles. The number of allylic oxidation sites excluding steroid dienone is 1. The Kier molecular flexibility index (Phi) is 12.2. The quantitative estimate of drug-likeness (QED) is 0.418. The van der Waals surface area contributed by atoms with Crippen LogP contribution in [0.4, 0.5) is 0 Å². The molecule has 1 N–H and O–H groups in total. The van der Waals surface area contributed by atoms with E-state index in [-0.39, 0.29) is 6.61 Å². The number of aliphatic hydroxyl groups excluding tert-OH is 1. The van der Waals surface area contributed by atoms with Gasteiger partial charge in [-0.25, -0.2) is 0 Å². The lowest BCUT2D eigenvalue weighted by atomic mass is 10.5. The van der Waals surface area contributed by atoms with Crippen molar-refractivity contribution in [3.05, 3.63) is 12.2 Å². The van der Waals surface area contributed by atoms with Gasteiger partial charge in [-0.1, -0.05) is 12.2 Å². The summed E-state index contributed by atoms with van der Waals surface area (Å²) >= 11 is 0. The van der Waals surface area contributed by atoms with Crippen LogP contribution in [0.3, 0.4) is 0 Å². The molecule has 0 unspecified atom stereocenters. The van der Waals surface area contributed by atoms with Crippen LogP contribution < -0.4 is 0 Å². The average molecular weight is 204 g/mol. The van der Waals surface area contributed by atoms with Crippen molar-refractivity contribution in [3.63, 3.8) is 0 Å². The molecule has 0 aliphatic rings. The Bertz CT molecular complexity index is 125. The second-order valence-corrected chi connectivity index (χ2v) is 2.59. The van der Waals surface area contributed by atoms with Crippen molar-refractivity contribution in [1.29, 1.82) is 0 Å². The van der Waals surface area contributed by atoms with Gasteiger partial charge in [0.1, 0.15) is 0 Å². The van der Waals surface area contributed by atoms with Gasteiger partial charge in [-0.05, 0) is 6.92 Å². The lowest BCUT2D eigenvalue weighted by Crippen LogP contribution is -2.10.